The minimum atomic E-state index is -0.727. The average Bonchev–Trinajstić information content (AvgIpc) is 2.43. The van der Waals surface area contributed by atoms with Crippen molar-refractivity contribution in [2.24, 2.45) is 0 Å². The molecule has 0 aliphatic rings. The highest BCUT2D eigenvalue weighted by molar-refractivity contribution is 9.10. The molecule has 0 unspecified atom stereocenters. The van der Waals surface area contributed by atoms with Crippen LogP contribution in [-0.2, 0) is 0 Å². The van der Waals surface area contributed by atoms with Crippen molar-refractivity contribution in [3.8, 4) is 0 Å². The van der Waals surface area contributed by atoms with Gasteiger partial charge in [0.2, 0.25) is 0 Å². The molecular weight excluding hydrogens is 347 g/mol. The van der Waals surface area contributed by atoms with Crippen LogP contribution in [0.15, 0.2) is 34.9 Å². The number of nitrogens with zero attached hydrogens (tertiary/aromatic N) is 2. The number of nitrogen functional groups attached to an aromatic ring is 1. The smallest absolute Gasteiger partial charge is 0.288 e. The number of hydrogen-bond donors (Lipinski definition) is 2. The maximum Gasteiger partial charge on any atom is 0.288 e. The molecule has 1 heterocycles. The van der Waals surface area contributed by atoms with Gasteiger partial charge in [0.15, 0.2) is 0 Å². The molecule has 108 valence electrons. The van der Waals surface area contributed by atoms with Crippen LogP contribution in [-0.4, -0.2) is 15.8 Å². The van der Waals surface area contributed by atoms with E-state index >= 15 is 0 Å². The lowest BCUT2D eigenvalue weighted by Crippen LogP contribution is -2.15. The van der Waals surface area contributed by atoms with Gasteiger partial charge >= 0.3 is 0 Å². The van der Waals surface area contributed by atoms with Gasteiger partial charge in [0.25, 0.3) is 11.6 Å². The molecule has 1 aromatic carbocycles. The lowest BCUT2D eigenvalue weighted by atomic mass is 10.2. The summed E-state index contributed by atoms with van der Waals surface area (Å²) in [5, 5.41) is 13.1. The molecule has 2 rings (SSSR count). The van der Waals surface area contributed by atoms with E-state index in [1.54, 1.807) is 0 Å². The van der Waals surface area contributed by atoms with Crippen LogP contribution in [0.4, 0.5) is 21.6 Å². The van der Waals surface area contributed by atoms with Crippen molar-refractivity contribution in [1.29, 1.82) is 0 Å². The molecule has 0 aliphatic heterocycles. The van der Waals surface area contributed by atoms with Gasteiger partial charge in [-0.1, -0.05) is 0 Å². The first-order valence-corrected chi connectivity index (χ1v) is 6.34. The van der Waals surface area contributed by atoms with Crippen molar-refractivity contribution in [2.45, 2.75) is 0 Å². The highest BCUT2D eigenvalue weighted by atomic mass is 79.9. The standard InChI is InChI=1S/C12H8BrFN4O3/c13-9-2-1-6(14)3-10(9)17-12(19)8-4-7(18(20)21)5-16-11(8)15/h1-5H,(H2,15,16)(H,17,19). The zero-order valence-electron chi connectivity index (χ0n) is 10.3. The van der Waals surface area contributed by atoms with E-state index in [0.29, 0.717) is 4.47 Å². The Hall–Kier alpha value is -2.55. The normalized spacial score (nSPS) is 10.2. The first kappa shape index (κ1) is 14.9. The summed E-state index contributed by atoms with van der Waals surface area (Å²) in [6.07, 6.45) is 0.949. The Morgan fingerprint density at radius 1 is 1.43 bits per heavy atom. The van der Waals surface area contributed by atoms with Crippen LogP contribution in [0.1, 0.15) is 10.4 Å². The molecule has 0 fully saturated rings. The number of amides is 1. The Bertz CT molecular complexity index is 738. The lowest BCUT2D eigenvalue weighted by molar-refractivity contribution is -0.385. The van der Waals surface area contributed by atoms with Crippen molar-refractivity contribution in [2.75, 3.05) is 11.1 Å². The number of nitrogens with one attached hydrogen (secondary N) is 1. The Kier molecular flexibility index (Phi) is 4.13. The fraction of sp³-hybridized carbons (Fsp3) is 0. The van der Waals surface area contributed by atoms with Crippen LogP contribution < -0.4 is 11.1 Å². The number of benzene rings is 1. The van der Waals surface area contributed by atoms with Crippen LogP contribution in [0.5, 0.6) is 0 Å². The van der Waals surface area contributed by atoms with Gasteiger partial charge in [-0.25, -0.2) is 9.37 Å². The second-order valence-corrected chi connectivity index (χ2v) is 4.82. The van der Waals surface area contributed by atoms with Gasteiger partial charge in [0.05, 0.1) is 16.2 Å². The van der Waals surface area contributed by atoms with Crippen LogP contribution >= 0.6 is 15.9 Å². The number of nitro groups is 1. The number of rotatable bonds is 3. The van der Waals surface area contributed by atoms with Gasteiger partial charge in [0.1, 0.15) is 17.8 Å². The number of anilines is 2. The molecule has 7 nitrogen and oxygen atoms in total. The summed E-state index contributed by atoms with van der Waals surface area (Å²) < 4.78 is 13.6. The second kappa shape index (κ2) is 5.83. The lowest BCUT2D eigenvalue weighted by Gasteiger charge is -2.08. The van der Waals surface area contributed by atoms with Crippen molar-refractivity contribution in [1.82, 2.24) is 4.98 Å². The largest absolute Gasteiger partial charge is 0.383 e. The molecule has 3 N–H and O–H groups in total. The summed E-state index contributed by atoms with van der Waals surface area (Å²) in [6, 6.07) is 4.73. The summed E-state index contributed by atoms with van der Waals surface area (Å²) >= 11 is 3.15. The minimum Gasteiger partial charge on any atom is -0.383 e. The summed E-state index contributed by atoms with van der Waals surface area (Å²) in [6.45, 7) is 0. The van der Waals surface area contributed by atoms with Crippen LogP contribution in [0.25, 0.3) is 0 Å². The number of hydrogen-bond acceptors (Lipinski definition) is 5. The van der Waals surface area contributed by atoms with E-state index in [2.05, 4.69) is 26.2 Å². The van der Waals surface area contributed by atoms with Gasteiger partial charge in [-0.2, -0.15) is 0 Å². The monoisotopic (exact) mass is 354 g/mol. The third-order valence-corrected chi connectivity index (χ3v) is 3.23. The van der Waals surface area contributed by atoms with E-state index in [9.17, 15) is 19.3 Å². The minimum absolute atomic E-state index is 0.161. The van der Waals surface area contributed by atoms with E-state index in [1.165, 1.54) is 12.1 Å². The molecule has 0 radical (unpaired) electrons. The van der Waals surface area contributed by atoms with Crippen LogP contribution in [0.2, 0.25) is 0 Å². The molecule has 2 aromatic rings. The van der Waals surface area contributed by atoms with Crippen LogP contribution in [0.3, 0.4) is 0 Å². The Morgan fingerprint density at radius 2 is 2.14 bits per heavy atom. The number of aromatic nitrogens is 1. The second-order valence-electron chi connectivity index (χ2n) is 3.96. The molecule has 0 aliphatic carbocycles. The molecule has 0 saturated carbocycles. The van der Waals surface area contributed by atoms with E-state index in [-0.39, 0.29) is 22.8 Å². The average molecular weight is 355 g/mol. The highest BCUT2D eigenvalue weighted by Crippen LogP contribution is 2.25. The zero-order chi connectivity index (χ0) is 15.6. The summed E-state index contributed by atoms with van der Waals surface area (Å²) in [5.41, 5.74) is 5.17. The van der Waals surface area contributed by atoms with E-state index in [1.807, 2.05) is 0 Å². The molecule has 0 bridgehead atoms. The fourth-order valence-electron chi connectivity index (χ4n) is 1.53. The van der Waals surface area contributed by atoms with Gasteiger partial charge in [-0.3, -0.25) is 14.9 Å². The third kappa shape index (κ3) is 3.31. The summed E-state index contributed by atoms with van der Waals surface area (Å²) in [4.78, 5) is 25.7. The zero-order valence-corrected chi connectivity index (χ0v) is 11.9. The summed E-state index contributed by atoms with van der Waals surface area (Å²) in [7, 11) is 0. The molecule has 1 aromatic heterocycles. The van der Waals surface area contributed by atoms with Crippen molar-refractivity contribution >= 4 is 39.0 Å². The maximum absolute atomic E-state index is 13.2. The first-order valence-electron chi connectivity index (χ1n) is 5.55. The van der Waals surface area contributed by atoms with Crippen molar-refractivity contribution in [3.63, 3.8) is 0 Å². The third-order valence-electron chi connectivity index (χ3n) is 2.54. The van der Waals surface area contributed by atoms with Gasteiger partial charge in [-0.15, -0.1) is 0 Å². The number of carbonyl (C=O) groups is 1. The molecule has 0 saturated heterocycles. The number of nitrogens with two attached hydrogens (primary N) is 1. The van der Waals surface area contributed by atoms with E-state index in [4.69, 9.17) is 5.73 Å². The fourth-order valence-corrected chi connectivity index (χ4v) is 1.87. The van der Waals surface area contributed by atoms with Gasteiger partial charge in [-0.05, 0) is 34.1 Å². The molecule has 0 spiro atoms. The quantitative estimate of drug-likeness (QED) is 0.650. The maximum atomic E-state index is 13.2. The van der Waals surface area contributed by atoms with Crippen LogP contribution in [0, 0.1) is 15.9 Å². The molecular formula is C12H8BrFN4O3. The van der Waals surface area contributed by atoms with Crippen molar-refractivity contribution in [3.05, 3.63) is 56.4 Å². The van der Waals surface area contributed by atoms with Gasteiger partial charge < -0.3 is 11.1 Å². The number of carbonyl (C=O) groups excluding carboxylic acids is 1. The first-order chi connectivity index (χ1) is 9.88. The Morgan fingerprint density at radius 3 is 2.81 bits per heavy atom. The Labute approximate surface area is 126 Å². The highest BCUT2D eigenvalue weighted by Gasteiger charge is 2.17. The topological polar surface area (TPSA) is 111 Å². The van der Waals surface area contributed by atoms with E-state index in [0.717, 1.165) is 18.3 Å². The number of halogens is 2. The number of pyridine rings is 1. The Balaban J connectivity index is 2.34. The van der Waals surface area contributed by atoms with E-state index < -0.39 is 16.6 Å². The molecule has 21 heavy (non-hydrogen) atoms. The van der Waals surface area contributed by atoms with Crippen molar-refractivity contribution < 1.29 is 14.1 Å². The molecule has 9 heteroatoms. The molecule has 1 amide bonds. The predicted octanol–water partition coefficient (Wildman–Crippen LogP) is 2.73. The van der Waals surface area contributed by atoms with Gasteiger partial charge in [0, 0.05) is 10.5 Å². The SMILES string of the molecule is Nc1ncc([N+](=O)[O-])cc1C(=O)Nc1cc(F)ccc1Br. The predicted molar refractivity (Wildman–Crippen MR) is 77.4 cm³/mol. The molecule has 0 atom stereocenters. The summed E-state index contributed by atoms with van der Waals surface area (Å²) in [5.74, 6) is -1.43.